The summed E-state index contributed by atoms with van der Waals surface area (Å²) in [7, 11) is 0. The highest BCUT2D eigenvalue weighted by Crippen LogP contribution is 2.48. The third kappa shape index (κ3) is 3.10. The van der Waals surface area contributed by atoms with E-state index in [0.717, 1.165) is 32.2 Å². The second-order valence-electron chi connectivity index (χ2n) is 10.9. The number of nitrogens with two attached hydrogens (primary N) is 1. The van der Waals surface area contributed by atoms with Crippen molar-refractivity contribution in [2.45, 2.75) is 61.9 Å². The number of nitriles is 1. The monoisotopic (exact) mass is 467 g/mol. The van der Waals surface area contributed by atoms with Crippen LogP contribution in [-0.2, 0) is 16.0 Å². The van der Waals surface area contributed by atoms with Crippen molar-refractivity contribution in [2.75, 3.05) is 13.1 Å². The van der Waals surface area contributed by atoms with E-state index in [2.05, 4.69) is 64.4 Å². The van der Waals surface area contributed by atoms with Gasteiger partial charge in [0.15, 0.2) is 0 Å². The van der Waals surface area contributed by atoms with Crippen LogP contribution in [0, 0.1) is 17.2 Å². The highest BCUT2D eigenvalue weighted by Gasteiger charge is 2.56. The van der Waals surface area contributed by atoms with Gasteiger partial charge in [0.05, 0.1) is 24.2 Å². The number of carbonyl (C=O) groups excluding carboxylic acids is 2. The predicted octanol–water partition coefficient (Wildman–Crippen LogP) is 1.81. The average Bonchev–Trinajstić information content (AvgIpc) is 3.19. The van der Waals surface area contributed by atoms with Crippen LogP contribution in [0.1, 0.15) is 47.6 Å². The number of carbonyl (C=O) groups is 2. The molecule has 0 aromatic heterocycles. The molecule has 2 aliphatic carbocycles. The number of likely N-dealkylation sites (tertiary alicyclic amines) is 3. The zero-order valence-electron chi connectivity index (χ0n) is 19.6. The van der Waals surface area contributed by atoms with Gasteiger partial charge >= 0.3 is 0 Å². The highest BCUT2D eigenvalue weighted by molar-refractivity contribution is 5.88. The molecule has 2 bridgehead atoms. The van der Waals surface area contributed by atoms with Gasteiger partial charge in [-0.3, -0.25) is 14.5 Å². The van der Waals surface area contributed by atoms with Gasteiger partial charge in [-0.15, -0.1) is 0 Å². The summed E-state index contributed by atoms with van der Waals surface area (Å²) in [6.07, 6.45) is 3.43. The number of hydrogen-bond acceptors (Lipinski definition) is 5. The van der Waals surface area contributed by atoms with Crippen LogP contribution < -0.4 is 5.73 Å². The molecule has 2 aromatic carbocycles. The average molecular weight is 468 g/mol. The first-order valence-electron chi connectivity index (χ1n) is 12.7. The second kappa shape index (κ2) is 7.64. The maximum Gasteiger partial charge on any atom is 0.242 e. The lowest BCUT2D eigenvalue weighted by atomic mass is 9.81. The summed E-state index contributed by atoms with van der Waals surface area (Å²) in [5.41, 5.74) is 11.4. The first kappa shape index (κ1) is 21.1. The Labute approximate surface area is 205 Å². The summed E-state index contributed by atoms with van der Waals surface area (Å²) in [4.78, 5) is 32.8. The molecule has 0 radical (unpaired) electrons. The molecule has 1 unspecified atom stereocenters. The molecule has 2 aromatic rings. The minimum Gasteiger partial charge on any atom is -0.326 e. The predicted molar refractivity (Wildman–Crippen MR) is 129 cm³/mol. The number of amides is 2. The van der Waals surface area contributed by atoms with Crippen LogP contribution in [-0.4, -0.2) is 69.8 Å². The molecular weight excluding hydrogens is 438 g/mol. The van der Waals surface area contributed by atoms with Crippen molar-refractivity contribution >= 4 is 11.8 Å². The number of nitrogens with zero attached hydrogens (tertiary/aromatic N) is 4. The van der Waals surface area contributed by atoms with Crippen molar-refractivity contribution in [3.05, 3.63) is 70.8 Å². The van der Waals surface area contributed by atoms with E-state index in [1.165, 1.54) is 22.3 Å². The van der Waals surface area contributed by atoms with E-state index in [1.54, 1.807) is 4.90 Å². The van der Waals surface area contributed by atoms with Gasteiger partial charge in [0.25, 0.3) is 0 Å². The first-order valence-corrected chi connectivity index (χ1v) is 12.7. The van der Waals surface area contributed by atoms with Crippen molar-refractivity contribution in [1.82, 2.24) is 14.7 Å². The molecule has 35 heavy (non-hydrogen) atoms. The quantitative estimate of drug-likeness (QED) is 0.740. The summed E-state index contributed by atoms with van der Waals surface area (Å²) in [5, 5.41) is 9.46. The molecule has 2 amide bonds. The summed E-state index contributed by atoms with van der Waals surface area (Å²) < 4.78 is 0. The Hall–Kier alpha value is -3.21. The molecule has 3 heterocycles. The van der Waals surface area contributed by atoms with E-state index < -0.39 is 6.04 Å². The van der Waals surface area contributed by atoms with Crippen molar-refractivity contribution in [3.63, 3.8) is 0 Å². The highest BCUT2D eigenvalue weighted by atomic mass is 16.2. The van der Waals surface area contributed by atoms with Gasteiger partial charge in [-0.05, 0) is 53.9 Å². The molecule has 6 atom stereocenters. The third-order valence-electron chi connectivity index (χ3n) is 8.93. The topological polar surface area (TPSA) is 93.7 Å². The molecule has 7 rings (SSSR count). The standard InChI is InChI=1S/C28H29N5O2/c29-13-19-10-18-11-24(18)32(19)27(34)23(30)15-31-14-20-12-25(31)28(35)33(20)26-21-7-3-1-5-16(21)9-17-6-2-4-8-22(17)26/h1-8,18-20,23-26H,9-12,14-15,30H2/t18-,19+,20?,23+,24+,25+/m1/s1. The normalized spacial score (nSPS) is 31.7. The number of hydrogen-bond donors (Lipinski definition) is 1. The Bertz CT molecular complexity index is 1220. The smallest absolute Gasteiger partial charge is 0.242 e. The summed E-state index contributed by atoms with van der Waals surface area (Å²) in [5.74, 6) is 0.467. The molecule has 7 heteroatoms. The van der Waals surface area contributed by atoms with Gasteiger partial charge in [-0.25, -0.2) is 0 Å². The summed E-state index contributed by atoms with van der Waals surface area (Å²) >= 11 is 0. The number of rotatable bonds is 4. The molecule has 3 saturated heterocycles. The zero-order chi connectivity index (χ0) is 23.8. The minimum absolute atomic E-state index is 0.0658. The zero-order valence-corrected chi connectivity index (χ0v) is 19.6. The van der Waals surface area contributed by atoms with E-state index in [1.807, 2.05) is 0 Å². The van der Waals surface area contributed by atoms with Gasteiger partial charge in [0.1, 0.15) is 6.04 Å². The molecule has 178 valence electrons. The minimum atomic E-state index is -0.707. The Morgan fingerprint density at radius 3 is 2.40 bits per heavy atom. The number of piperidine rings is 1. The Morgan fingerprint density at radius 2 is 1.74 bits per heavy atom. The fourth-order valence-corrected chi connectivity index (χ4v) is 7.24. The van der Waals surface area contributed by atoms with Crippen molar-refractivity contribution in [1.29, 1.82) is 5.26 Å². The number of fused-ring (bicyclic) bond motifs is 5. The van der Waals surface area contributed by atoms with Crippen molar-refractivity contribution < 1.29 is 9.59 Å². The third-order valence-corrected chi connectivity index (χ3v) is 8.93. The molecular formula is C28H29N5O2. The van der Waals surface area contributed by atoms with Crippen LogP contribution in [0.2, 0.25) is 0 Å². The molecule has 5 aliphatic rings. The van der Waals surface area contributed by atoms with E-state index in [0.29, 0.717) is 12.5 Å². The lowest BCUT2D eigenvalue weighted by molar-refractivity contribution is -0.140. The van der Waals surface area contributed by atoms with Crippen LogP contribution in [0.4, 0.5) is 0 Å². The van der Waals surface area contributed by atoms with Gasteiger partial charge < -0.3 is 15.5 Å². The van der Waals surface area contributed by atoms with Gasteiger partial charge in [-0.1, -0.05) is 48.5 Å². The molecule has 1 saturated carbocycles. The van der Waals surface area contributed by atoms with Gasteiger partial charge in [0.2, 0.25) is 11.8 Å². The van der Waals surface area contributed by atoms with Gasteiger partial charge in [0, 0.05) is 25.2 Å². The Balaban J connectivity index is 1.11. The summed E-state index contributed by atoms with van der Waals surface area (Å²) in [6, 6.07) is 18.1. The van der Waals surface area contributed by atoms with E-state index in [-0.39, 0.29) is 42.0 Å². The molecule has 2 N–H and O–H groups in total. The summed E-state index contributed by atoms with van der Waals surface area (Å²) in [6.45, 7) is 1.09. The van der Waals surface area contributed by atoms with Gasteiger partial charge in [-0.2, -0.15) is 5.26 Å². The largest absolute Gasteiger partial charge is 0.326 e. The first-order chi connectivity index (χ1) is 17.0. The molecule has 0 spiro atoms. The maximum atomic E-state index is 13.8. The molecule has 3 aliphatic heterocycles. The number of piperazine rings is 1. The Morgan fingerprint density at radius 1 is 1.06 bits per heavy atom. The Kier molecular flexibility index (Phi) is 4.61. The molecule has 4 fully saturated rings. The van der Waals surface area contributed by atoms with E-state index in [4.69, 9.17) is 5.73 Å². The van der Waals surface area contributed by atoms with Crippen LogP contribution in [0.25, 0.3) is 0 Å². The molecule has 7 nitrogen and oxygen atoms in total. The van der Waals surface area contributed by atoms with Crippen LogP contribution >= 0.6 is 0 Å². The van der Waals surface area contributed by atoms with Crippen LogP contribution in [0.15, 0.2) is 48.5 Å². The van der Waals surface area contributed by atoms with Crippen molar-refractivity contribution in [2.24, 2.45) is 11.7 Å². The lowest BCUT2D eigenvalue weighted by Crippen LogP contribution is -2.57. The van der Waals surface area contributed by atoms with E-state index >= 15 is 0 Å². The lowest BCUT2D eigenvalue weighted by Gasteiger charge is -2.42. The fraction of sp³-hybridized carbons (Fsp3) is 0.464. The maximum absolute atomic E-state index is 13.8. The van der Waals surface area contributed by atoms with Crippen molar-refractivity contribution in [3.8, 4) is 6.07 Å². The number of benzene rings is 2. The SMILES string of the molecule is N#C[C@@H]1C[C@@H]2C[C@@H]2N1C(=O)[C@@H](N)CN1CC2C[C@H]1C(=O)N2C1c2ccccc2Cc2ccccc21. The van der Waals surface area contributed by atoms with E-state index in [9.17, 15) is 14.9 Å². The van der Waals surface area contributed by atoms with Crippen LogP contribution in [0.5, 0.6) is 0 Å². The van der Waals surface area contributed by atoms with Crippen LogP contribution in [0.3, 0.4) is 0 Å². The second-order valence-corrected chi connectivity index (χ2v) is 10.9. The fourth-order valence-electron chi connectivity index (χ4n) is 7.24.